The highest BCUT2D eigenvalue weighted by Crippen LogP contribution is 2.43. The fourth-order valence-electron chi connectivity index (χ4n) is 9.25. The number of ether oxygens (including phenoxy) is 2. The van der Waals surface area contributed by atoms with Crippen molar-refractivity contribution in [1.82, 2.24) is 0 Å². The zero-order valence-electron chi connectivity index (χ0n) is 49.0. The van der Waals surface area contributed by atoms with E-state index in [1.165, 1.54) is 212 Å². The van der Waals surface area contributed by atoms with Gasteiger partial charge in [-0.2, -0.15) is 0 Å². The first-order chi connectivity index (χ1) is 36.8. The monoisotopic (exact) mass is 1070 g/mol. The van der Waals surface area contributed by atoms with Crippen LogP contribution in [-0.4, -0.2) is 49.3 Å². The molecule has 75 heavy (non-hydrogen) atoms. The molecule has 0 rings (SSSR count). The molecule has 0 aromatic heterocycles. The quantitative estimate of drug-likeness (QED) is 0.0264. The molecule has 0 aliphatic carbocycles. The Kier molecular flexibility index (Phi) is 59.1. The van der Waals surface area contributed by atoms with Crippen molar-refractivity contribution in [2.45, 2.75) is 315 Å². The molecule has 2 atom stereocenters. The largest absolute Gasteiger partial charge is 0.472 e. The molecule has 9 nitrogen and oxygen atoms in total. The molecule has 0 aliphatic heterocycles. The van der Waals surface area contributed by atoms with E-state index >= 15 is 0 Å². The maximum atomic E-state index is 12.7. The number of allylic oxidation sites excluding steroid dienone is 10. The van der Waals surface area contributed by atoms with Crippen molar-refractivity contribution in [3.05, 3.63) is 60.8 Å². The Balaban J connectivity index is 3.81. The molecule has 0 aromatic rings. The summed E-state index contributed by atoms with van der Waals surface area (Å²) in [6, 6.07) is 0. The third-order valence-electron chi connectivity index (χ3n) is 13.9. The second-order valence-corrected chi connectivity index (χ2v) is 22.7. The SMILES string of the molecule is CC/C=C\C/C=C\C/C=C\C/C=C\C/C=C\CCCCCCCCCCCCCCCCCCCCCCCC(=O)OC(COC(=O)CCCCCCCCCCCCCCCCCCC)COP(=O)(O)OCCN. The van der Waals surface area contributed by atoms with Crippen molar-refractivity contribution in [2.24, 2.45) is 5.73 Å². The molecule has 10 heteroatoms. The van der Waals surface area contributed by atoms with E-state index in [1.807, 2.05) is 0 Å². The van der Waals surface area contributed by atoms with E-state index in [1.54, 1.807) is 0 Å². The van der Waals surface area contributed by atoms with Crippen molar-refractivity contribution < 1.29 is 37.6 Å². The number of hydrogen-bond donors (Lipinski definition) is 2. The highest BCUT2D eigenvalue weighted by Gasteiger charge is 2.26. The number of unbranched alkanes of at least 4 members (excludes halogenated alkanes) is 37. The van der Waals surface area contributed by atoms with Crippen molar-refractivity contribution in [1.29, 1.82) is 0 Å². The smallest absolute Gasteiger partial charge is 0.462 e. The van der Waals surface area contributed by atoms with Gasteiger partial charge in [0.1, 0.15) is 6.61 Å². The van der Waals surface area contributed by atoms with E-state index in [0.717, 1.165) is 64.2 Å². The lowest BCUT2D eigenvalue weighted by atomic mass is 10.0. The van der Waals surface area contributed by atoms with E-state index in [0.29, 0.717) is 6.42 Å². The first-order valence-corrected chi connectivity index (χ1v) is 33.3. The summed E-state index contributed by atoms with van der Waals surface area (Å²) in [6.45, 7) is 3.68. The molecule has 0 heterocycles. The van der Waals surface area contributed by atoms with Gasteiger partial charge in [0.15, 0.2) is 6.10 Å². The van der Waals surface area contributed by atoms with Crippen molar-refractivity contribution in [3.8, 4) is 0 Å². The molecule has 0 saturated carbocycles. The third-order valence-corrected chi connectivity index (χ3v) is 14.9. The van der Waals surface area contributed by atoms with Gasteiger partial charge < -0.3 is 20.1 Å². The first kappa shape index (κ1) is 72.7. The molecule has 0 aliphatic rings. The average molecular weight is 1070 g/mol. The van der Waals surface area contributed by atoms with Crippen LogP contribution >= 0.6 is 7.82 Å². The second-order valence-electron chi connectivity index (χ2n) is 21.3. The molecule has 0 spiro atoms. The van der Waals surface area contributed by atoms with Gasteiger partial charge in [0.05, 0.1) is 13.2 Å². The van der Waals surface area contributed by atoms with Crippen molar-refractivity contribution >= 4 is 19.8 Å². The van der Waals surface area contributed by atoms with Gasteiger partial charge in [-0.05, 0) is 57.8 Å². The summed E-state index contributed by atoms with van der Waals surface area (Å²) in [5.41, 5.74) is 5.39. The molecule has 0 amide bonds. The van der Waals surface area contributed by atoms with Gasteiger partial charge in [-0.25, -0.2) is 4.57 Å². The van der Waals surface area contributed by atoms with E-state index < -0.39 is 26.5 Å². The summed E-state index contributed by atoms with van der Waals surface area (Å²) in [5, 5.41) is 0. The molecule has 0 aromatic carbocycles. The Morgan fingerprint density at radius 3 is 1.09 bits per heavy atom. The Hall–Kier alpha value is -2.29. The first-order valence-electron chi connectivity index (χ1n) is 31.8. The maximum absolute atomic E-state index is 12.7. The lowest BCUT2D eigenvalue weighted by Gasteiger charge is -2.19. The molecular formula is C65H120NO8P. The molecule has 0 saturated heterocycles. The van der Waals surface area contributed by atoms with Crippen LogP contribution < -0.4 is 5.73 Å². The van der Waals surface area contributed by atoms with E-state index in [-0.39, 0.29) is 38.6 Å². The van der Waals surface area contributed by atoms with Crippen LogP contribution in [0.2, 0.25) is 0 Å². The molecule has 0 radical (unpaired) electrons. The highest BCUT2D eigenvalue weighted by atomic mass is 31.2. The van der Waals surface area contributed by atoms with Crippen molar-refractivity contribution in [2.75, 3.05) is 26.4 Å². The lowest BCUT2D eigenvalue weighted by Crippen LogP contribution is -2.29. The van der Waals surface area contributed by atoms with Crippen LogP contribution in [0.15, 0.2) is 60.8 Å². The van der Waals surface area contributed by atoms with E-state index in [2.05, 4.69) is 74.6 Å². The lowest BCUT2D eigenvalue weighted by molar-refractivity contribution is -0.161. The zero-order valence-corrected chi connectivity index (χ0v) is 49.9. The molecule has 0 bridgehead atoms. The summed E-state index contributed by atoms with van der Waals surface area (Å²) >= 11 is 0. The van der Waals surface area contributed by atoms with Gasteiger partial charge in [0.25, 0.3) is 0 Å². The van der Waals surface area contributed by atoms with Crippen LogP contribution in [0, 0.1) is 0 Å². The Morgan fingerprint density at radius 1 is 0.413 bits per heavy atom. The zero-order chi connectivity index (χ0) is 54.5. The number of carbonyl (C=O) groups excluding carboxylic acids is 2. The fourth-order valence-corrected chi connectivity index (χ4v) is 10.0. The summed E-state index contributed by atoms with van der Waals surface area (Å²) in [6.07, 6.45) is 77.3. The Labute approximate surface area is 463 Å². The fraction of sp³-hybridized carbons (Fsp3) is 0.815. The predicted molar refractivity (Wildman–Crippen MR) is 321 cm³/mol. The van der Waals surface area contributed by atoms with Crippen LogP contribution in [0.25, 0.3) is 0 Å². The number of esters is 2. The normalized spacial score (nSPS) is 13.4. The number of rotatable bonds is 60. The summed E-state index contributed by atoms with van der Waals surface area (Å²) in [5.74, 6) is -0.810. The molecular weight excluding hydrogens is 954 g/mol. The summed E-state index contributed by atoms with van der Waals surface area (Å²) < 4.78 is 33.1. The van der Waals surface area contributed by atoms with Crippen LogP contribution in [0.4, 0.5) is 0 Å². The second kappa shape index (κ2) is 60.9. The van der Waals surface area contributed by atoms with Gasteiger partial charge in [-0.1, -0.05) is 299 Å². The minimum atomic E-state index is -4.38. The summed E-state index contributed by atoms with van der Waals surface area (Å²) in [7, 11) is -4.38. The van der Waals surface area contributed by atoms with Gasteiger partial charge in [-0.3, -0.25) is 18.6 Å². The van der Waals surface area contributed by atoms with Crippen LogP contribution in [-0.2, 0) is 32.7 Å². The van der Waals surface area contributed by atoms with Gasteiger partial charge in [-0.15, -0.1) is 0 Å². The molecule has 2 unspecified atom stereocenters. The van der Waals surface area contributed by atoms with Gasteiger partial charge in [0.2, 0.25) is 0 Å². The Bertz CT molecular complexity index is 1410. The van der Waals surface area contributed by atoms with Crippen molar-refractivity contribution in [3.63, 3.8) is 0 Å². The number of carbonyl (C=O) groups is 2. The highest BCUT2D eigenvalue weighted by molar-refractivity contribution is 7.47. The van der Waals surface area contributed by atoms with Crippen LogP contribution in [0.1, 0.15) is 309 Å². The molecule has 0 fully saturated rings. The topological polar surface area (TPSA) is 134 Å². The standard InChI is InChI=1S/C65H120NO8P/c1-3-5-7-9-11-13-15-17-19-21-22-23-24-25-26-27-28-29-30-31-32-33-34-35-36-37-38-39-40-42-44-46-48-50-52-54-56-58-65(68)74-63(62-73-75(69,70)72-60-59-66)61-71-64(67)57-55-53-51-49-47-45-43-41-20-18-16-14-12-10-8-6-4-2/h5,7,11,13,17,19,22-23,25-26,63H,3-4,6,8-10,12,14-16,18,20-21,24,27-62,66H2,1-2H3,(H,69,70)/b7-5-,13-11-,19-17-,23-22-,26-25-. The number of nitrogens with two attached hydrogens (primary N) is 1. The van der Waals surface area contributed by atoms with Crippen LogP contribution in [0.3, 0.4) is 0 Å². The predicted octanol–water partition coefficient (Wildman–Crippen LogP) is 20.3. The van der Waals surface area contributed by atoms with Gasteiger partial charge in [0, 0.05) is 19.4 Å². The third kappa shape index (κ3) is 60.8. The minimum absolute atomic E-state index is 0.0553. The average Bonchev–Trinajstić information content (AvgIpc) is 3.40. The molecule has 438 valence electrons. The van der Waals surface area contributed by atoms with Gasteiger partial charge >= 0.3 is 19.8 Å². The Morgan fingerprint density at radius 2 is 0.733 bits per heavy atom. The van der Waals surface area contributed by atoms with E-state index in [4.69, 9.17) is 24.3 Å². The molecule has 3 N–H and O–H groups in total. The number of hydrogen-bond acceptors (Lipinski definition) is 8. The summed E-state index contributed by atoms with van der Waals surface area (Å²) in [4.78, 5) is 35.2. The minimum Gasteiger partial charge on any atom is -0.462 e. The van der Waals surface area contributed by atoms with E-state index in [9.17, 15) is 19.0 Å². The maximum Gasteiger partial charge on any atom is 0.472 e. The number of phosphoric ester groups is 1. The number of phosphoric acid groups is 1. The van der Waals surface area contributed by atoms with Crippen LogP contribution in [0.5, 0.6) is 0 Å².